The number of alkyl halides is 3. The van der Waals surface area contributed by atoms with Crippen LogP contribution in [0.15, 0.2) is 18.2 Å². The van der Waals surface area contributed by atoms with Crippen LogP contribution in [0.2, 0.25) is 0 Å². The van der Waals surface area contributed by atoms with Crippen LogP contribution in [-0.4, -0.2) is 11.1 Å². The molecule has 2 atom stereocenters. The Hall–Kier alpha value is -1.07. The van der Waals surface area contributed by atoms with Crippen molar-refractivity contribution < 1.29 is 18.3 Å². The second kappa shape index (κ2) is 4.31. The van der Waals surface area contributed by atoms with Crippen LogP contribution in [0.3, 0.4) is 0 Å². The molecule has 2 rings (SSSR count). The summed E-state index contributed by atoms with van der Waals surface area (Å²) in [6, 6.07) is 3.03. The minimum Gasteiger partial charge on any atom is -0.387 e. The first kappa shape index (κ1) is 12.4. The fraction of sp³-hybridized carbons (Fsp3) is 0.500. The van der Waals surface area contributed by atoms with Crippen LogP contribution in [-0.2, 0) is 12.6 Å². The van der Waals surface area contributed by atoms with E-state index in [1.807, 2.05) is 0 Å². The summed E-state index contributed by atoms with van der Waals surface area (Å²) in [5, 5.41) is 9.91. The van der Waals surface area contributed by atoms with E-state index in [2.05, 4.69) is 0 Å². The van der Waals surface area contributed by atoms with Crippen molar-refractivity contribution in [2.75, 3.05) is 0 Å². The number of aryl methyl sites for hydroxylation is 1. The number of fused-ring (bicyclic) bond motifs is 1. The average molecular weight is 245 g/mol. The van der Waals surface area contributed by atoms with E-state index in [1.54, 1.807) is 0 Å². The zero-order valence-electron chi connectivity index (χ0n) is 9.17. The number of halogens is 3. The highest BCUT2D eigenvalue weighted by molar-refractivity contribution is 5.36. The smallest absolute Gasteiger partial charge is 0.387 e. The predicted octanol–water partition coefficient (Wildman–Crippen LogP) is 2.40. The molecule has 1 aliphatic carbocycles. The predicted molar refractivity (Wildman–Crippen MR) is 57.3 cm³/mol. The van der Waals surface area contributed by atoms with Crippen molar-refractivity contribution in [1.29, 1.82) is 0 Å². The van der Waals surface area contributed by atoms with Crippen LogP contribution < -0.4 is 5.73 Å². The Bertz CT molecular complexity index is 417. The van der Waals surface area contributed by atoms with E-state index >= 15 is 0 Å². The summed E-state index contributed by atoms with van der Waals surface area (Å²) in [7, 11) is 0. The minimum atomic E-state index is -4.38. The molecule has 3 N–H and O–H groups in total. The third-order valence-electron chi connectivity index (χ3n) is 3.18. The molecular formula is C12H14F3NO. The Balaban J connectivity index is 2.46. The lowest BCUT2D eigenvalue weighted by molar-refractivity contribution is -0.137. The second-order valence-electron chi connectivity index (χ2n) is 4.41. The molecule has 0 aromatic heterocycles. The quantitative estimate of drug-likeness (QED) is 0.689. The first-order valence-electron chi connectivity index (χ1n) is 5.53. The van der Waals surface area contributed by atoms with Crippen molar-refractivity contribution in [2.24, 2.45) is 5.73 Å². The maximum Gasteiger partial charge on any atom is 0.416 e. The van der Waals surface area contributed by atoms with Crippen LogP contribution in [0, 0.1) is 0 Å². The number of hydrogen-bond donors (Lipinski definition) is 2. The van der Waals surface area contributed by atoms with Crippen LogP contribution >= 0.6 is 0 Å². The van der Waals surface area contributed by atoms with Crippen LogP contribution in [0.5, 0.6) is 0 Å². The van der Waals surface area contributed by atoms with Gasteiger partial charge in [-0.3, -0.25) is 0 Å². The molecule has 17 heavy (non-hydrogen) atoms. The van der Waals surface area contributed by atoms with Gasteiger partial charge in [-0.2, -0.15) is 13.2 Å². The number of aliphatic hydroxyl groups excluding tert-OH is 1. The Morgan fingerprint density at radius 3 is 2.65 bits per heavy atom. The molecule has 0 bridgehead atoms. The molecule has 0 heterocycles. The van der Waals surface area contributed by atoms with E-state index in [4.69, 9.17) is 5.73 Å². The van der Waals surface area contributed by atoms with Crippen molar-refractivity contribution in [1.82, 2.24) is 0 Å². The van der Waals surface area contributed by atoms with Gasteiger partial charge >= 0.3 is 6.18 Å². The lowest BCUT2D eigenvalue weighted by Gasteiger charge is -2.19. The van der Waals surface area contributed by atoms with Gasteiger partial charge in [-0.15, -0.1) is 0 Å². The van der Waals surface area contributed by atoms with Crippen molar-refractivity contribution in [3.63, 3.8) is 0 Å². The highest BCUT2D eigenvalue weighted by Gasteiger charge is 2.33. The van der Waals surface area contributed by atoms with E-state index in [1.165, 1.54) is 6.07 Å². The topological polar surface area (TPSA) is 46.2 Å². The highest BCUT2D eigenvalue weighted by atomic mass is 19.4. The largest absolute Gasteiger partial charge is 0.416 e. The monoisotopic (exact) mass is 245 g/mol. The lowest BCUT2D eigenvalue weighted by Crippen LogP contribution is -2.27. The van der Waals surface area contributed by atoms with Gasteiger partial charge < -0.3 is 10.8 Å². The van der Waals surface area contributed by atoms with Crippen molar-refractivity contribution >= 4 is 0 Å². The zero-order valence-corrected chi connectivity index (χ0v) is 9.17. The molecule has 0 saturated carbocycles. The van der Waals surface area contributed by atoms with E-state index in [-0.39, 0.29) is 0 Å². The van der Waals surface area contributed by atoms with Gasteiger partial charge in [0, 0.05) is 6.04 Å². The standard InChI is InChI=1S/C12H14F3NO/c13-12(14,15)8-5-4-7-2-1-3-10(16)11(17)9(7)6-8/h4-6,10-11,17H,1-3,16H2/t10-,11+/m0/s1. The van der Waals surface area contributed by atoms with Gasteiger partial charge in [-0.1, -0.05) is 6.07 Å². The molecule has 5 heteroatoms. The maximum atomic E-state index is 12.6. The molecule has 1 aromatic rings. The summed E-state index contributed by atoms with van der Waals surface area (Å²) in [5.74, 6) is 0. The SMILES string of the molecule is N[C@H]1CCCc2ccc(C(F)(F)F)cc2[C@H]1O. The summed E-state index contributed by atoms with van der Waals surface area (Å²) >= 11 is 0. The third kappa shape index (κ3) is 2.45. The molecule has 94 valence electrons. The number of rotatable bonds is 0. The number of hydrogen-bond acceptors (Lipinski definition) is 2. The molecule has 0 aliphatic heterocycles. The Labute approximate surface area is 97.2 Å². The van der Waals surface area contributed by atoms with Crippen LogP contribution in [0.25, 0.3) is 0 Å². The lowest BCUT2D eigenvalue weighted by atomic mass is 9.96. The van der Waals surface area contributed by atoms with Crippen molar-refractivity contribution in [3.8, 4) is 0 Å². The molecule has 0 unspecified atom stereocenters. The van der Waals surface area contributed by atoms with E-state index < -0.39 is 23.9 Å². The molecule has 0 spiro atoms. The van der Waals surface area contributed by atoms with Crippen molar-refractivity contribution in [2.45, 2.75) is 37.6 Å². The molecule has 1 aliphatic rings. The maximum absolute atomic E-state index is 12.6. The molecule has 2 nitrogen and oxygen atoms in total. The first-order valence-corrected chi connectivity index (χ1v) is 5.53. The molecule has 0 saturated heterocycles. The van der Waals surface area contributed by atoms with E-state index in [0.29, 0.717) is 18.4 Å². The summed E-state index contributed by atoms with van der Waals surface area (Å²) < 4.78 is 37.7. The van der Waals surface area contributed by atoms with E-state index in [0.717, 1.165) is 24.1 Å². The van der Waals surface area contributed by atoms with Gasteiger partial charge in [-0.05, 0) is 42.5 Å². The Morgan fingerprint density at radius 2 is 2.00 bits per heavy atom. The van der Waals surface area contributed by atoms with Gasteiger partial charge in [0.1, 0.15) is 0 Å². The molecule has 0 amide bonds. The molecule has 0 radical (unpaired) electrons. The number of benzene rings is 1. The third-order valence-corrected chi connectivity index (χ3v) is 3.18. The molecule has 1 aromatic carbocycles. The fourth-order valence-corrected chi connectivity index (χ4v) is 2.19. The molecule has 0 fully saturated rings. The summed E-state index contributed by atoms with van der Waals surface area (Å²) in [5.41, 5.74) is 6.08. The van der Waals surface area contributed by atoms with E-state index in [9.17, 15) is 18.3 Å². The van der Waals surface area contributed by atoms with Gasteiger partial charge in [0.05, 0.1) is 11.7 Å². The Kier molecular flexibility index (Phi) is 3.14. The minimum absolute atomic E-state index is 0.324. The van der Waals surface area contributed by atoms with Gasteiger partial charge in [-0.25, -0.2) is 0 Å². The zero-order chi connectivity index (χ0) is 12.6. The van der Waals surface area contributed by atoms with Gasteiger partial charge in [0.15, 0.2) is 0 Å². The average Bonchev–Trinajstić information content (AvgIpc) is 2.39. The fourth-order valence-electron chi connectivity index (χ4n) is 2.19. The molecular weight excluding hydrogens is 231 g/mol. The van der Waals surface area contributed by atoms with Gasteiger partial charge in [0.25, 0.3) is 0 Å². The summed E-state index contributed by atoms with van der Waals surface area (Å²) in [6.07, 6.45) is -3.31. The first-order chi connectivity index (χ1) is 7.89. The van der Waals surface area contributed by atoms with Crippen LogP contribution in [0.4, 0.5) is 13.2 Å². The number of aliphatic hydroxyl groups is 1. The highest BCUT2D eigenvalue weighted by Crippen LogP contribution is 2.34. The summed E-state index contributed by atoms with van der Waals surface area (Å²) in [6.45, 7) is 0. The Morgan fingerprint density at radius 1 is 1.29 bits per heavy atom. The van der Waals surface area contributed by atoms with Crippen LogP contribution in [0.1, 0.15) is 35.6 Å². The second-order valence-corrected chi connectivity index (χ2v) is 4.41. The normalized spacial score (nSPS) is 25.2. The van der Waals surface area contributed by atoms with Crippen molar-refractivity contribution in [3.05, 3.63) is 34.9 Å². The summed E-state index contributed by atoms with van der Waals surface area (Å²) in [4.78, 5) is 0. The van der Waals surface area contributed by atoms with Gasteiger partial charge in [0.2, 0.25) is 0 Å². The number of nitrogens with two attached hydrogens (primary N) is 1.